The molecule has 23 heavy (non-hydrogen) atoms. The zero-order valence-corrected chi connectivity index (χ0v) is 13.4. The minimum Gasteiger partial charge on any atom is -0.367 e. The van der Waals surface area contributed by atoms with Crippen LogP contribution in [0, 0.1) is 6.92 Å². The second-order valence-corrected chi connectivity index (χ2v) is 5.75. The Morgan fingerprint density at radius 1 is 1.35 bits per heavy atom. The lowest BCUT2D eigenvalue weighted by Gasteiger charge is -2.31. The summed E-state index contributed by atoms with van der Waals surface area (Å²) in [4.78, 5) is 30.3. The van der Waals surface area contributed by atoms with Crippen molar-refractivity contribution in [1.82, 2.24) is 29.2 Å². The number of aromatic amines is 1. The van der Waals surface area contributed by atoms with Crippen LogP contribution >= 0.6 is 0 Å². The third kappa shape index (κ3) is 3.10. The van der Waals surface area contributed by atoms with Crippen LogP contribution in [0.4, 0.5) is 0 Å². The second kappa shape index (κ2) is 6.09. The molecule has 3 heterocycles. The predicted molar refractivity (Wildman–Crippen MR) is 82.0 cm³/mol. The van der Waals surface area contributed by atoms with Crippen LogP contribution < -0.4 is 11.2 Å². The average molecular weight is 320 g/mol. The van der Waals surface area contributed by atoms with E-state index in [-0.39, 0.29) is 17.4 Å². The quantitative estimate of drug-likeness (QED) is 0.786. The maximum atomic E-state index is 12.0. The Kier molecular flexibility index (Phi) is 4.14. The highest BCUT2D eigenvalue weighted by atomic mass is 16.5. The standard InChI is InChI=1S/C14H20N6O3/c1-9-15-13(17-16-9)11-8-20(4-5-23-11)7-10-6-12(21)19(3)14(22)18(10)2/h6,11H,4-5,7-8H2,1-3H3,(H,15,16,17)/t11-/m1/s1. The normalized spacial score (nSPS) is 19.2. The number of rotatable bonds is 3. The van der Waals surface area contributed by atoms with E-state index in [9.17, 15) is 9.59 Å². The molecule has 1 aliphatic rings. The first-order valence-electron chi connectivity index (χ1n) is 7.44. The van der Waals surface area contributed by atoms with Crippen molar-refractivity contribution in [3.8, 4) is 0 Å². The number of hydrogen-bond acceptors (Lipinski definition) is 6. The molecule has 0 radical (unpaired) electrons. The largest absolute Gasteiger partial charge is 0.367 e. The van der Waals surface area contributed by atoms with Crippen molar-refractivity contribution < 1.29 is 4.74 Å². The van der Waals surface area contributed by atoms with Gasteiger partial charge in [0, 0.05) is 45.5 Å². The van der Waals surface area contributed by atoms with Gasteiger partial charge in [-0.15, -0.1) is 0 Å². The first-order chi connectivity index (χ1) is 11.0. The summed E-state index contributed by atoms with van der Waals surface area (Å²) in [6.07, 6.45) is -0.211. The topological polar surface area (TPSA) is 98.0 Å². The smallest absolute Gasteiger partial charge is 0.330 e. The molecule has 0 amide bonds. The molecule has 2 aromatic rings. The molecule has 1 N–H and O–H groups in total. The van der Waals surface area contributed by atoms with Crippen LogP contribution in [0.2, 0.25) is 0 Å². The number of ether oxygens (including phenoxy) is 1. The molecule has 1 aliphatic heterocycles. The SMILES string of the molecule is Cc1nc([C@H]2CN(Cc3cc(=O)n(C)c(=O)n3C)CCO2)n[nH]1. The van der Waals surface area contributed by atoms with Gasteiger partial charge in [-0.3, -0.25) is 23.9 Å². The highest BCUT2D eigenvalue weighted by molar-refractivity contribution is 5.03. The summed E-state index contributed by atoms with van der Waals surface area (Å²) in [6, 6.07) is 1.50. The second-order valence-electron chi connectivity index (χ2n) is 5.75. The molecular weight excluding hydrogens is 300 g/mol. The van der Waals surface area contributed by atoms with Crippen molar-refractivity contribution in [2.45, 2.75) is 19.6 Å². The predicted octanol–water partition coefficient (Wildman–Crippen LogP) is -0.916. The minimum atomic E-state index is -0.318. The fourth-order valence-corrected chi connectivity index (χ4v) is 2.67. The van der Waals surface area contributed by atoms with Crippen LogP contribution in [0.15, 0.2) is 15.7 Å². The summed E-state index contributed by atoms with van der Waals surface area (Å²) >= 11 is 0. The van der Waals surface area contributed by atoms with Crippen LogP contribution in [0.1, 0.15) is 23.4 Å². The maximum absolute atomic E-state index is 12.0. The van der Waals surface area contributed by atoms with Gasteiger partial charge in [0.25, 0.3) is 5.56 Å². The third-order valence-electron chi connectivity index (χ3n) is 4.06. The van der Waals surface area contributed by atoms with Gasteiger partial charge in [-0.1, -0.05) is 0 Å². The van der Waals surface area contributed by atoms with E-state index in [0.717, 1.165) is 16.9 Å². The molecule has 0 unspecified atom stereocenters. The highest BCUT2D eigenvalue weighted by Gasteiger charge is 2.25. The molecule has 0 saturated carbocycles. The molecular formula is C14H20N6O3. The van der Waals surface area contributed by atoms with Crippen molar-refractivity contribution >= 4 is 0 Å². The summed E-state index contributed by atoms with van der Waals surface area (Å²) in [5.74, 6) is 1.37. The van der Waals surface area contributed by atoms with Gasteiger partial charge >= 0.3 is 5.69 Å². The number of nitrogens with one attached hydrogen (secondary N) is 1. The number of H-pyrrole nitrogens is 1. The first kappa shape index (κ1) is 15.6. The van der Waals surface area contributed by atoms with Gasteiger partial charge in [0.15, 0.2) is 5.82 Å². The van der Waals surface area contributed by atoms with Crippen molar-refractivity contribution in [2.24, 2.45) is 14.1 Å². The number of hydrogen-bond donors (Lipinski definition) is 1. The monoisotopic (exact) mass is 320 g/mol. The lowest BCUT2D eigenvalue weighted by Crippen LogP contribution is -2.42. The van der Waals surface area contributed by atoms with Crippen molar-refractivity contribution in [1.29, 1.82) is 0 Å². The fourth-order valence-electron chi connectivity index (χ4n) is 2.67. The number of aryl methyl sites for hydroxylation is 1. The zero-order valence-electron chi connectivity index (χ0n) is 13.4. The minimum absolute atomic E-state index is 0.211. The van der Waals surface area contributed by atoms with Gasteiger partial charge in [0.1, 0.15) is 11.9 Å². The molecule has 1 atom stereocenters. The summed E-state index contributed by atoms with van der Waals surface area (Å²) in [5, 5.41) is 6.95. The van der Waals surface area contributed by atoms with E-state index >= 15 is 0 Å². The van der Waals surface area contributed by atoms with E-state index < -0.39 is 0 Å². The third-order valence-corrected chi connectivity index (χ3v) is 4.06. The van der Waals surface area contributed by atoms with E-state index in [0.29, 0.717) is 31.2 Å². The van der Waals surface area contributed by atoms with E-state index in [4.69, 9.17) is 4.74 Å². The van der Waals surface area contributed by atoms with E-state index in [1.54, 1.807) is 7.05 Å². The molecule has 0 aromatic carbocycles. The van der Waals surface area contributed by atoms with Gasteiger partial charge < -0.3 is 4.74 Å². The Bertz CT molecular complexity index is 821. The lowest BCUT2D eigenvalue weighted by molar-refractivity contribution is -0.0377. The summed E-state index contributed by atoms with van der Waals surface area (Å²) in [7, 11) is 3.15. The molecule has 1 saturated heterocycles. The summed E-state index contributed by atoms with van der Waals surface area (Å²) < 4.78 is 8.32. The Labute approximate surface area is 132 Å². The molecule has 0 spiro atoms. The Morgan fingerprint density at radius 2 is 2.13 bits per heavy atom. The number of morpholine rings is 1. The Morgan fingerprint density at radius 3 is 2.83 bits per heavy atom. The van der Waals surface area contributed by atoms with E-state index in [2.05, 4.69) is 20.1 Å². The van der Waals surface area contributed by atoms with Gasteiger partial charge in [0.2, 0.25) is 0 Å². The first-order valence-corrected chi connectivity index (χ1v) is 7.44. The Balaban J connectivity index is 1.78. The van der Waals surface area contributed by atoms with Gasteiger partial charge in [-0.2, -0.15) is 5.10 Å². The summed E-state index contributed by atoms with van der Waals surface area (Å²) in [5.41, 5.74) is 0.0734. The molecule has 124 valence electrons. The molecule has 0 bridgehead atoms. The number of nitrogens with zero attached hydrogens (tertiary/aromatic N) is 5. The van der Waals surface area contributed by atoms with Gasteiger partial charge in [0.05, 0.1) is 6.61 Å². The Hall–Kier alpha value is -2.26. The highest BCUT2D eigenvalue weighted by Crippen LogP contribution is 2.20. The van der Waals surface area contributed by atoms with Crippen LogP contribution in [-0.2, 0) is 25.4 Å². The van der Waals surface area contributed by atoms with Crippen LogP contribution in [0.5, 0.6) is 0 Å². The summed E-state index contributed by atoms with van der Waals surface area (Å²) in [6.45, 7) is 4.23. The van der Waals surface area contributed by atoms with Crippen LogP contribution in [0.3, 0.4) is 0 Å². The number of aromatic nitrogens is 5. The van der Waals surface area contributed by atoms with Crippen LogP contribution in [0.25, 0.3) is 0 Å². The molecule has 9 heteroatoms. The molecule has 9 nitrogen and oxygen atoms in total. The fraction of sp³-hybridized carbons (Fsp3) is 0.571. The lowest BCUT2D eigenvalue weighted by atomic mass is 10.2. The molecule has 3 rings (SSSR count). The van der Waals surface area contributed by atoms with E-state index in [1.165, 1.54) is 17.7 Å². The van der Waals surface area contributed by atoms with E-state index in [1.807, 2.05) is 6.92 Å². The van der Waals surface area contributed by atoms with Crippen molar-refractivity contribution in [2.75, 3.05) is 19.7 Å². The molecule has 0 aliphatic carbocycles. The molecule has 1 fully saturated rings. The average Bonchev–Trinajstić information content (AvgIpc) is 2.97. The maximum Gasteiger partial charge on any atom is 0.330 e. The zero-order chi connectivity index (χ0) is 16.6. The molecule has 2 aromatic heterocycles. The van der Waals surface area contributed by atoms with Crippen molar-refractivity contribution in [3.05, 3.63) is 44.2 Å². The van der Waals surface area contributed by atoms with Crippen LogP contribution in [-0.4, -0.2) is 48.9 Å². The van der Waals surface area contributed by atoms with Gasteiger partial charge in [-0.25, -0.2) is 9.78 Å². The van der Waals surface area contributed by atoms with Gasteiger partial charge in [-0.05, 0) is 6.92 Å². The van der Waals surface area contributed by atoms with Crippen molar-refractivity contribution in [3.63, 3.8) is 0 Å².